The summed E-state index contributed by atoms with van der Waals surface area (Å²) in [7, 11) is 0. The zero-order chi connectivity index (χ0) is 16.2. The largest absolute Gasteiger partial charge is 0.361 e. The lowest BCUT2D eigenvalue weighted by Gasteiger charge is -1.97. The number of nitriles is 3. The topological polar surface area (TPSA) is 87.2 Å². The first-order valence-corrected chi connectivity index (χ1v) is 6.90. The molecule has 0 saturated heterocycles. The van der Waals surface area contributed by atoms with Crippen LogP contribution in [0.5, 0.6) is 0 Å². The van der Waals surface area contributed by atoms with Crippen molar-refractivity contribution in [3.05, 3.63) is 70.7 Å². The molecule has 1 heterocycles. The summed E-state index contributed by atoms with van der Waals surface area (Å²) in [6, 6.07) is 20.6. The molecule has 3 aromatic rings. The Morgan fingerprint density at radius 2 is 1.43 bits per heavy atom. The summed E-state index contributed by atoms with van der Waals surface area (Å²) in [4.78, 5) is 3.16. The molecule has 0 amide bonds. The minimum Gasteiger partial charge on any atom is -0.361 e. The molecule has 0 unspecified atom stereocenters. The predicted molar refractivity (Wildman–Crippen MR) is 86.7 cm³/mol. The first-order valence-electron chi connectivity index (χ1n) is 6.90. The van der Waals surface area contributed by atoms with Gasteiger partial charge in [-0.15, -0.1) is 0 Å². The van der Waals surface area contributed by atoms with Gasteiger partial charge in [0.2, 0.25) is 0 Å². The van der Waals surface area contributed by atoms with E-state index in [1.54, 1.807) is 24.3 Å². The monoisotopic (exact) mass is 294 g/mol. The maximum atomic E-state index is 9.57. The third kappa shape index (κ3) is 2.44. The van der Waals surface area contributed by atoms with E-state index in [0.717, 1.165) is 21.7 Å². The highest BCUT2D eigenvalue weighted by molar-refractivity contribution is 5.95. The van der Waals surface area contributed by atoms with Crippen LogP contribution >= 0.6 is 0 Å². The van der Waals surface area contributed by atoms with Gasteiger partial charge in [0.15, 0.2) is 0 Å². The number of nitrogens with one attached hydrogen (secondary N) is 1. The maximum Gasteiger partial charge on any atom is 0.136 e. The lowest BCUT2D eigenvalue weighted by molar-refractivity contribution is 1.44. The molecule has 0 aliphatic heterocycles. The van der Waals surface area contributed by atoms with Crippen molar-refractivity contribution in [1.82, 2.24) is 4.98 Å². The van der Waals surface area contributed by atoms with Gasteiger partial charge in [-0.2, -0.15) is 15.8 Å². The number of aromatic nitrogens is 1. The van der Waals surface area contributed by atoms with Gasteiger partial charge in [-0.05, 0) is 11.3 Å². The molecule has 2 aromatic carbocycles. The second-order valence-corrected chi connectivity index (χ2v) is 4.91. The van der Waals surface area contributed by atoms with E-state index in [1.165, 1.54) is 0 Å². The van der Waals surface area contributed by atoms with Crippen molar-refractivity contribution in [2.75, 3.05) is 0 Å². The van der Waals surface area contributed by atoms with Crippen LogP contribution in [0.25, 0.3) is 22.0 Å². The fraction of sp³-hybridized carbons (Fsp3) is 0. The molecule has 0 fully saturated rings. The lowest BCUT2D eigenvalue weighted by Crippen LogP contribution is -2.12. The quantitative estimate of drug-likeness (QED) is 0.745. The predicted octanol–water partition coefficient (Wildman–Crippen LogP) is 2.09. The molecule has 1 N–H and O–H groups in total. The first-order chi connectivity index (χ1) is 11.3. The van der Waals surface area contributed by atoms with Gasteiger partial charge in [0.05, 0.1) is 5.57 Å². The number of aromatic amines is 1. The second kappa shape index (κ2) is 5.90. The summed E-state index contributed by atoms with van der Waals surface area (Å²) in [5.41, 5.74) is 2.41. The van der Waals surface area contributed by atoms with Crippen LogP contribution in [0.1, 0.15) is 5.56 Å². The van der Waals surface area contributed by atoms with Crippen molar-refractivity contribution >= 4 is 22.0 Å². The minimum atomic E-state index is 0.0575. The number of hydrogen-bond donors (Lipinski definition) is 1. The number of rotatable bonds is 1. The van der Waals surface area contributed by atoms with E-state index >= 15 is 0 Å². The smallest absolute Gasteiger partial charge is 0.136 e. The van der Waals surface area contributed by atoms with E-state index in [4.69, 9.17) is 10.5 Å². The molecule has 1 aromatic heterocycles. The standard InChI is InChI=1S/C19H10N4/c20-9-15(10-21)13-5-7-14(8-6-13)17(11-22)18-12-23-19-4-2-1-3-16(18)19/h1-8,12,23H. The van der Waals surface area contributed by atoms with Gasteiger partial charge < -0.3 is 4.98 Å². The number of para-hydroxylation sites is 1. The molecule has 0 saturated carbocycles. The fourth-order valence-corrected chi connectivity index (χ4v) is 2.52. The summed E-state index contributed by atoms with van der Waals surface area (Å²) in [5.74, 6) is 0. The van der Waals surface area contributed by atoms with Crippen LogP contribution in [0.15, 0.2) is 54.7 Å². The van der Waals surface area contributed by atoms with Crippen LogP contribution in [-0.2, 0) is 0 Å². The molecule has 4 nitrogen and oxygen atoms in total. The van der Waals surface area contributed by atoms with Crippen molar-refractivity contribution in [3.63, 3.8) is 0 Å². The highest BCUT2D eigenvalue weighted by atomic mass is 14.7. The Morgan fingerprint density at radius 3 is 2.09 bits per heavy atom. The SMILES string of the molecule is N#CC(C#N)=c1ccc(=C(C#N)c2c[nH]c3ccccc23)cc1. The van der Waals surface area contributed by atoms with Crippen molar-refractivity contribution in [3.8, 4) is 18.2 Å². The summed E-state index contributed by atoms with van der Waals surface area (Å²) in [6.07, 6.45) is 1.82. The summed E-state index contributed by atoms with van der Waals surface area (Å²) < 4.78 is 0. The molecule has 0 bridgehead atoms. The van der Waals surface area contributed by atoms with Gasteiger partial charge in [-0.25, -0.2) is 0 Å². The normalized spacial score (nSPS) is 9.61. The molecule has 4 heteroatoms. The molecular formula is C19H10N4. The summed E-state index contributed by atoms with van der Waals surface area (Å²) in [5, 5.41) is 29.7. The molecule has 106 valence electrons. The molecular weight excluding hydrogens is 284 g/mol. The van der Waals surface area contributed by atoms with Gasteiger partial charge in [0.25, 0.3) is 0 Å². The Bertz CT molecular complexity index is 1110. The van der Waals surface area contributed by atoms with Crippen LogP contribution in [0.3, 0.4) is 0 Å². The lowest BCUT2D eigenvalue weighted by atomic mass is 10.0. The Labute approximate surface area is 132 Å². The van der Waals surface area contributed by atoms with Gasteiger partial charge in [0, 0.05) is 27.9 Å². The maximum absolute atomic E-state index is 9.57. The number of benzene rings is 2. The fourth-order valence-electron chi connectivity index (χ4n) is 2.52. The number of hydrogen-bond acceptors (Lipinski definition) is 3. The van der Waals surface area contributed by atoms with Gasteiger partial charge >= 0.3 is 0 Å². The van der Waals surface area contributed by atoms with Crippen LogP contribution < -0.4 is 10.4 Å². The highest BCUT2D eigenvalue weighted by Crippen LogP contribution is 2.22. The van der Waals surface area contributed by atoms with Crippen molar-refractivity contribution in [2.45, 2.75) is 0 Å². The molecule has 0 radical (unpaired) electrons. The second-order valence-electron chi connectivity index (χ2n) is 4.91. The third-order valence-corrected chi connectivity index (χ3v) is 3.66. The summed E-state index contributed by atoms with van der Waals surface area (Å²) >= 11 is 0. The van der Waals surface area contributed by atoms with E-state index in [2.05, 4.69) is 11.1 Å². The molecule has 0 aliphatic rings. The average Bonchev–Trinajstić information content (AvgIpc) is 3.02. The minimum absolute atomic E-state index is 0.0575. The molecule has 0 atom stereocenters. The Hall–Kier alpha value is -3.81. The average molecular weight is 294 g/mol. The highest BCUT2D eigenvalue weighted by Gasteiger charge is 2.08. The van der Waals surface area contributed by atoms with E-state index in [0.29, 0.717) is 10.8 Å². The van der Waals surface area contributed by atoms with Crippen molar-refractivity contribution in [1.29, 1.82) is 15.8 Å². The molecule has 3 rings (SSSR count). The summed E-state index contributed by atoms with van der Waals surface area (Å²) in [6.45, 7) is 0. The van der Waals surface area contributed by atoms with Gasteiger partial charge in [-0.3, -0.25) is 0 Å². The van der Waals surface area contributed by atoms with E-state index < -0.39 is 0 Å². The van der Waals surface area contributed by atoms with E-state index in [-0.39, 0.29) is 5.57 Å². The van der Waals surface area contributed by atoms with Gasteiger partial charge in [-0.1, -0.05) is 42.5 Å². The zero-order valence-electron chi connectivity index (χ0n) is 12.0. The van der Waals surface area contributed by atoms with Crippen molar-refractivity contribution < 1.29 is 0 Å². The van der Waals surface area contributed by atoms with Gasteiger partial charge in [0.1, 0.15) is 23.8 Å². The third-order valence-electron chi connectivity index (χ3n) is 3.66. The molecule has 23 heavy (non-hydrogen) atoms. The Kier molecular flexibility index (Phi) is 3.63. The van der Waals surface area contributed by atoms with E-state index in [9.17, 15) is 5.26 Å². The van der Waals surface area contributed by atoms with Crippen LogP contribution in [0.2, 0.25) is 0 Å². The number of nitrogens with zero attached hydrogens (tertiary/aromatic N) is 3. The number of fused-ring (bicyclic) bond motifs is 1. The molecule has 0 spiro atoms. The van der Waals surface area contributed by atoms with Crippen LogP contribution in [-0.4, -0.2) is 4.98 Å². The van der Waals surface area contributed by atoms with Crippen LogP contribution in [0, 0.1) is 34.0 Å². The zero-order valence-corrected chi connectivity index (χ0v) is 12.0. The van der Waals surface area contributed by atoms with Crippen molar-refractivity contribution in [2.24, 2.45) is 0 Å². The molecule has 0 aliphatic carbocycles. The first kappa shape index (κ1) is 14.1. The van der Waals surface area contributed by atoms with E-state index in [1.807, 2.05) is 42.6 Å². The Balaban J connectivity index is 2.28. The number of H-pyrrole nitrogens is 1. The Morgan fingerprint density at radius 1 is 0.783 bits per heavy atom. The van der Waals surface area contributed by atoms with Crippen LogP contribution in [0.4, 0.5) is 0 Å².